The van der Waals surface area contributed by atoms with Gasteiger partial charge in [0, 0.05) is 12.0 Å². The molecule has 3 atom stereocenters. The molecule has 0 aromatic carbocycles. The van der Waals surface area contributed by atoms with Gasteiger partial charge in [-0.25, -0.2) is 0 Å². The third kappa shape index (κ3) is 2.77. The fourth-order valence-electron chi connectivity index (χ4n) is 1.44. The predicted molar refractivity (Wildman–Crippen MR) is 50.9 cm³/mol. The largest absolute Gasteiger partial charge is 0.380 e. The predicted octanol–water partition coefficient (Wildman–Crippen LogP) is -0.513. The lowest BCUT2D eigenvalue weighted by Crippen LogP contribution is -2.34. The Balaban J connectivity index is 2.23. The van der Waals surface area contributed by atoms with Crippen LogP contribution in [-0.2, 0) is 9.47 Å². The zero-order valence-electron chi connectivity index (χ0n) is 8.12. The minimum Gasteiger partial charge on any atom is -0.380 e. The Morgan fingerprint density at radius 1 is 1.67 bits per heavy atom. The average molecular weight is 171 g/mol. The van der Waals surface area contributed by atoms with Crippen molar-refractivity contribution in [3.05, 3.63) is 0 Å². The first-order valence-corrected chi connectivity index (χ1v) is 4.62. The molecule has 1 aliphatic heterocycles. The van der Waals surface area contributed by atoms with Crippen molar-refractivity contribution in [3.8, 4) is 0 Å². The molecule has 0 aliphatic carbocycles. The zero-order chi connectivity index (χ0) is 9.14. The second-order valence-corrected chi connectivity index (χ2v) is 3.77. The van der Waals surface area contributed by atoms with Crippen LogP contribution < -0.4 is 5.73 Å². The number of nitrogens with two attached hydrogens (primary N) is 1. The summed E-state index contributed by atoms with van der Waals surface area (Å²) in [7, 11) is 2.05. The van der Waals surface area contributed by atoms with Gasteiger partial charge in [0.1, 0.15) is 7.85 Å². The number of ether oxygens (including phenoxy) is 2. The fourth-order valence-corrected chi connectivity index (χ4v) is 1.44. The summed E-state index contributed by atoms with van der Waals surface area (Å²) < 4.78 is 11.0. The van der Waals surface area contributed by atoms with Crippen LogP contribution in [0.4, 0.5) is 0 Å². The average Bonchev–Trinajstić information content (AvgIpc) is 2.26. The van der Waals surface area contributed by atoms with E-state index in [4.69, 9.17) is 15.2 Å². The van der Waals surface area contributed by atoms with Crippen molar-refractivity contribution in [2.45, 2.75) is 44.5 Å². The first-order chi connectivity index (χ1) is 5.59. The molecule has 1 fully saturated rings. The molecule has 1 aliphatic rings. The normalized spacial score (nSPS) is 36.2. The van der Waals surface area contributed by atoms with E-state index in [9.17, 15) is 0 Å². The minimum atomic E-state index is 0.0994. The summed E-state index contributed by atoms with van der Waals surface area (Å²) in [5.41, 5.74) is 5.85. The molecule has 1 unspecified atom stereocenters. The van der Waals surface area contributed by atoms with Gasteiger partial charge in [0.05, 0.1) is 18.8 Å². The molecule has 1 heterocycles. The molecule has 0 saturated carbocycles. The van der Waals surface area contributed by atoms with Crippen LogP contribution >= 0.6 is 0 Å². The van der Waals surface area contributed by atoms with Crippen molar-refractivity contribution in [2.24, 2.45) is 5.73 Å². The van der Waals surface area contributed by atoms with Crippen LogP contribution in [-0.4, -0.2) is 38.7 Å². The highest BCUT2D eigenvalue weighted by Gasteiger charge is 2.29. The maximum absolute atomic E-state index is 5.85. The molecule has 0 bridgehead atoms. The van der Waals surface area contributed by atoms with Gasteiger partial charge in [-0.3, -0.25) is 0 Å². The van der Waals surface area contributed by atoms with Gasteiger partial charge >= 0.3 is 0 Å². The van der Waals surface area contributed by atoms with Gasteiger partial charge in [-0.15, -0.1) is 0 Å². The van der Waals surface area contributed by atoms with E-state index in [-0.39, 0.29) is 18.2 Å². The summed E-state index contributed by atoms with van der Waals surface area (Å²) in [5.74, 6) is 0. The summed E-state index contributed by atoms with van der Waals surface area (Å²) >= 11 is 0. The molecule has 0 amide bonds. The molecule has 70 valence electrons. The second kappa shape index (κ2) is 4.26. The van der Waals surface area contributed by atoms with Crippen LogP contribution in [0.15, 0.2) is 0 Å². The van der Waals surface area contributed by atoms with Crippen LogP contribution in [0.5, 0.6) is 0 Å². The van der Waals surface area contributed by atoms with Crippen molar-refractivity contribution >= 4 is 7.85 Å². The minimum absolute atomic E-state index is 0.0994. The number of hydrogen-bond acceptors (Lipinski definition) is 3. The van der Waals surface area contributed by atoms with Gasteiger partial charge in [0.15, 0.2) is 0 Å². The fraction of sp³-hybridized carbons (Fsp3) is 1.00. The summed E-state index contributed by atoms with van der Waals surface area (Å²) in [6.07, 6.45) is 1.31. The first kappa shape index (κ1) is 10.0. The quantitative estimate of drug-likeness (QED) is 0.581. The van der Waals surface area contributed by atoms with Crippen LogP contribution in [0.3, 0.4) is 0 Å². The highest BCUT2D eigenvalue weighted by atomic mass is 16.5. The van der Waals surface area contributed by atoms with Gasteiger partial charge < -0.3 is 15.2 Å². The van der Waals surface area contributed by atoms with E-state index < -0.39 is 0 Å². The standard InChI is InChI=1S/C8H18BNO2/c1-5(2)11-4-7-6(10)3-8(9)12-7/h5-8H,3-4,9-10H2,1-2H3/t6?,7-,8-/m1/s1. The van der Waals surface area contributed by atoms with Crippen molar-refractivity contribution in [1.82, 2.24) is 0 Å². The smallest absolute Gasteiger partial charge is 0.139 e. The van der Waals surface area contributed by atoms with Crippen LogP contribution in [0, 0.1) is 0 Å². The maximum Gasteiger partial charge on any atom is 0.139 e. The number of hydrogen-bond donors (Lipinski definition) is 1. The highest BCUT2D eigenvalue weighted by Crippen LogP contribution is 2.16. The van der Waals surface area contributed by atoms with Gasteiger partial charge in [-0.1, -0.05) is 0 Å². The van der Waals surface area contributed by atoms with Crippen LogP contribution in [0.1, 0.15) is 20.3 Å². The Hall–Kier alpha value is -0.0551. The van der Waals surface area contributed by atoms with Gasteiger partial charge in [0.25, 0.3) is 0 Å². The summed E-state index contributed by atoms with van der Waals surface area (Å²) in [5, 5.41) is 0. The van der Waals surface area contributed by atoms with E-state index in [2.05, 4.69) is 7.85 Å². The van der Waals surface area contributed by atoms with Gasteiger partial charge in [0.2, 0.25) is 0 Å². The Kier molecular flexibility index (Phi) is 3.56. The molecule has 1 saturated heterocycles. The molecule has 12 heavy (non-hydrogen) atoms. The molecule has 0 spiro atoms. The Bertz CT molecular complexity index is 143. The van der Waals surface area contributed by atoms with E-state index in [1.165, 1.54) is 0 Å². The van der Waals surface area contributed by atoms with Crippen molar-refractivity contribution in [1.29, 1.82) is 0 Å². The van der Waals surface area contributed by atoms with Gasteiger partial charge in [-0.05, 0) is 20.3 Å². The first-order valence-electron chi connectivity index (χ1n) is 4.62. The molecule has 4 heteroatoms. The van der Waals surface area contributed by atoms with E-state index >= 15 is 0 Å². The molecule has 2 N–H and O–H groups in total. The lowest BCUT2D eigenvalue weighted by Gasteiger charge is -2.16. The molecule has 0 aromatic heterocycles. The molecule has 0 radical (unpaired) electrons. The Morgan fingerprint density at radius 2 is 2.33 bits per heavy atom. The molecule has 0 aromatic rings. The second-order valence-electron chi connectivity index (χ2n) is 3.77. The zero-order valence-corrected chi connectivity index (χ0v) is 8.12. The third-order valence-electron chi connectivity index (χ3n) is 2.08. The van der Waals surface area contributed by atoms with Crippen molar-refractivity contribution in [3.63, 3.8) is 0 Å². The topological polar surface area (TPSA) is 44.5 Å². The third-order valence-corrected chi connectivity index (χ3v) is 2.08. The monoisotopic (exact) mass is 171 g/mol. The molecule has 1 rings (SSSR count). The van der Waals surface area contributed by atoms with Gasteiger partial charge in [-0.2, -0.15) is 0 Å². The molecular formula is C8H18BNO2. The Labute approximate surface area is 75.0 Å². The van der Waals surface area contributed by atoms with Crippen molar-refractivity contribution in [2.75, 3.05) is 6.61 Å². The van der Waals surface area contributed by atoms with Crippen molar-refractivity contribution < 1.29 is 9.47 Å². The molecular weight excluding hydrogens is 153 g/mol. The lowest BCUT2D eigenvalue weighted by atomic mass is 9.95. The SMILES string of the molecule is B[C@H]1CC(N)[C@@H](COC(C)C)O1. The Morgan fingerprint density at radius 3 is 2.75 bits per heavy atom. The molecule has 3 nitrogen and oxygen atoms in total. The maximum atomic E-state index is 5.85. The number of rotatable bonds is 3. The lowest BCUT2D eigenvalue weighted by molar-refractivity contribution is -0.0193. The van der Waals surface area contributed by atoms with E-state index in [0.717, 1.165) is 6.42 Å². The summed E-state index contributed by atoms with van der Waals surface area (Å²) in [6, 6.07) is 0.444. The summed E-state index contributed by atoms with van der Waals surface area (Å²) in [6.45, 7) is 4.66. The van der Waals surface area contributed by atoms with E-state index in [1.807, 2.05) is 13.8 Å². The van der Waals surface area contributed by atoms with Crippen LogP contribution in [0.2, 0.25) is 0 Å². The highest BCUT2D eigenvalue weighted by molar-refractivity contribution is 6.11. The van der Waals surface area contributed by atoms with Crippen LogP contribution in [0.25, 0.3) is 0 Å². The summed E-state index contributed by atoms with van der Waals surface area (Å²) in [4.78, 5) is 0. The van der Waals surface area contributed by atoms with E-state index in [1.54, 1.807) is 0 Å². The van der Waals surface area contributed by atoms with E-state index in [0.29, 0.717) is 12.6 Å².